The van der Waals surface area contributed by atoms with E-state index in [0.717, 1.165) is 40.8 Å². The average Bonchev–Trinajstić information content (AvgIpc) is 3.53. The highest BCUT2D eigenvalue weighted by Crippen LogP contribution is 2.46. The Balaban J connectivity index is 1.24. The Morgan fingerprint density at radius 2 is 1.62 bits per heavy atom. The fraction of sp³-hybridized carbons (Fsp3) is 0.400. The first-order chi connectivity index (χ1) is 19.1. The van der Waals surface area contributed by atoms with Crippen LogP contribution in [0.15, 0.2) is 53.9 Å². The first-order valence-electron chi connectivity index (χ1n) is 13.4. The predicted octanol–water partition coefficient (Wildman–Crippen LogP) is 6.03. The standard InChI is InChI=1S/C30H34N4O5S/c1-30(2,3)39-28(36)33-15-13-19(14-16-33)24-18-40-27(31-24)32-25(35)17-34(29(37)38-4)26-22-11-7-5-9-20(22)21-10-6-8-12-23(21)26/h5-12,18-19,26H,13-17H2,1-4H3,(H,31,32,35). The van der Waals surface area contributed by atoms with Crippen molar-refractivity contribution in [3.63, 3.8) is 0 Å². The zero-order valence-corrected chi connectivity index (χ0v) is 24.0. The van der Waals surface area contributed by atoms with E-state index >= 15 is 0 Å². The second-order valence-corrected chi connectivity index (χ2v) is 11.9. The second-order valence-electron chi connectivity index (χ2n) is 11.0. The third-order valence-corrected chi connectivity index (χ3v) is 7.94. The van der Waals surface area contributed by atoms with Crippen LogP contribution >= 0.6 is 11.3 Å². The van der Waals surface area contributed by atoms with Crippen LogP contribution in [0.5, 0.6) is 0 Å². The highest BCUT2D eigenvalue weighted by Gasteiger charge is 2.37. The predicted molar refractivity (Wildman–Crippen MR) is 153 cm³/mol. The van der Waals surface area contributed by atoms with Crippen LogP contribution in [0.4, 0.5) is 14.7 Å². The molecule has 3 amide bonds. The molecule has 9 nitrogen and oxygen atoms in total. The summed E-state index contributed by atoms with van der Waals surface area (Å²) in [6, 6.07) is 15.4. The molecule has 1 N–H and O–H groups in total. The summed E-state index contributed by atoms with van der Waals surface area (Å²) in [7, 11) is 1.32. The topological polar surface area (TPSA) is 101 Å². The van der Waals surface area contributed by atoms with Crippen LogP contribution in [0.1, 0.15) is 62.4 Å². The molecular formula is C30H34N4O5S. The van der Waals surface area contributed by atoms with Crippen molar-refractivity contribution in [2.24, 2.45) is 0 Å². The summed E-state index contributed by atoms with van der Waals surface area (Å²) in [6.45, 7) is 6.58. The molecule has 1 saturated heterocycles. The van der Waals surface area contributed by atoms with Crippen LogP contribution in [-0.2, 0) is 14.3 Å². The van der Waals surface area contributed by atoms with E-state index in [4.69, 9.17) is 9.47 Å². The number of fused-ring (bicyclic) bond motifs is 3. The SMILES string of the molecule is COC(=O)N(CC(=O)Nc1nc(C2CCN(C(=O)OC(C)(C)C)CC2)cs1)C1c2ccccc2-c2ccccc21. The molecule has 0 unspecified atom stereocenters. The molecule has 0 atom stereocenters. The Morgan fingerprint density at radius 3 is 2.20 bits per heavy atom. The molecule has 210 valence electrons. The minimum atomic E-state index is -0.580. The van der Waals surface area contributed by atoms with Gasteiger partial charge in [0.25, 0.3) is 0 Å². The first-order valence-corrected chi connectivity index (χ1v) is 14.3. The number of hydrogen-bond donors (Lipinski definition) is 1. The molecule has 5 rings (SSSR count). The third kappa shape index (κ3) is 5.82. The Labute approximate surface area is 238 Å². The van der Waals surface area contributed by atoms with Gasteiger partial charge in [-0.1, -0.05) is 48.5 Å². The molecule has 1 aliphatic heterocycles. The average molecular weight is 563 g/mol. The van der Waals surface area contributed by atoms with Gasteiger partial charge in [0.1, 0.15) is 12.1 Å². The van der Waals surface area contributed by atoms with Gasteiger partial charge in [-0.25, -0.2) is 14.6 Å². The van der Waals surface area contributed by atoms with Gasteiger partial charge in [0.05, 0.1) is 18.8 Å². The van der Waals surface area contributed by atoms with Crippen molar-refractivity contribution >= 4 is 34.6 Å². The lowest BCUT2D eigenvalue weighted by atomic mass is 9.94. The minimum absolute atomic E-state index is 0.191. The van der Waals surface area contributed by atoms with Crippen LogP contribution in [0.2, 0.25) is 0 Å². The van der Waals surface area contributed by atoms with Crippen LogP contribution in [-0.4, -0.2) is 65.2 Å². The first kappa shape index (κ1) is 27.6. The van der Waals surface area contributed by atoms with Crippen molar-refractivity contribution in [1.82, 2.24) is 14.8 Å². The molecule has 0 saturated carbocycles. The van der Waals surface area contributed by atoms with Crippen molar-refractivity contribution in [3.05, 3.63) is 70.7 Å². The number of amides is 3. The number of methoxy groups -OCH3 is 1. The molecule has 2 aromatic carbocycles. The number of nitrogens with zero attached hydrogens (tertiary/aromatic N) is 3. The van der Waals surface area contributed by atoms with Crippen molar-refractivity contribution in [1.29, 1.82) is 0 Å². The lowest BCUT2D eigenvalue weighted by Gasteiger charge is -2.32. The molecule has 2 heterocycles. The molecule has 0 spiro atoms. The van der Waals surface area contributed by atoms with E-state index in [2.05, 4.69) is 10.3 Å². The molecule has 1 aliphatic carbocycles. The molecule has 0 radical (unpaired) electrons. The van der Waals surface area contributed by atoms with Gasteiger partial charge in [-0.3, -0.25) is 9.69 Å². The molecule has 2 aliphatic rings. The van der Waals surface area contributed by atoms with Crippen LogP contribution in [0, 0.1) is 0 Å². The number of benzene rings is 2. The molecule has 3 aromatic rings. The van der Waals surface area contributed by atoms with Gasteiger partial charge in [-0.15, -0.1) is 11.3 Å². The number of anilines is 1. The largest absolute Gasteiger partial charge is 0.453 e. The minimum Gasteiger partial charge on any atom is -0.453 e. The molecular weight excluding hydrogens is 528 g/mol. The normalized spacial score (nSPS) is 15.2. The van der Waals surface area contributed by atoms with Crippen LogP contribution in [0.3, 0.4) is 0 Å². The molecule has 40 heavy (non-hydrogen) atoms. The highest BCUT2D eigenvalue weighted by atomic mass is 32.1. The summed E-state index contributed by atoms with van der Waals surface area (Å²) in [5.74, 6) is -0.161. The van der Waals surface area contributed by atoms with E-state index < -0.39 is 17.7 Å². The number of thiazole rings is 1. The van der Waals surface area contributed by atoms with Crippen LogP contribution in [0.25, 0.3) is 11.1 Å². The van der Waals surface area contributed by atoms with E-state index in [1.54, 1.807) is 4.90 Å². The molecule has 1 aromatic heterocycles. The molecule has 0 bridgehead atoms. The van der Waals surface area contributed by atoms with E-state index in [1.807, 2.05) is 74.7 Å². The monoisotopic (exact) mass is 562 g/mol. The van der Waals surface area contributed by atoms with E-state index in [0.29, 0.717) is 18.2 Å². The van der Waals surface area contributed by atoms with Gasteiger partial charge in [0.15, 0.2) is 5.13 Å². The molecule has 1 fully saturated rings. The second kappa shape index (κ2) is 11.3. The van der Waals surface area contributed by atoms with E-state index in [-0.39, 0.29) is 24.5 Å². The summed E-state index contributed by atoms with van der Waals surface area (Å²) in [6.07, 6.45) is 0.669. The summed E-state index contributed by atoms with van der Waals surface area (Å²) in [5, 5.41) is 5.30. The van der Waals surface area contributed by atoms with E-state index in [9.17, 15) is 14.4 Å². The van der Waals surface area contributed by atoms with E-state index in [1.165, 1.54) is 23.3 Å². The quantitative estimate of drug-likeness (QED) is 0.407. The van der Waals surface area contributed by atoms with Gasteiger partial charge in [0, 0.05) is 24.4 Å². The lowest BCUT2D eigenvalue weighted by Crippen LogP contribution is -2.41. The molecule has 10 heteroatoms. The third-order valence-electron chi connectivity index (χ3n) is 7.17. The van der Waals surface area contributed by atoms with Gasteiger partial charge >= 0.3 is 12.2 Å². The maximum absolute atomic E-state index is 13.2. The summed E-state index contributed by atoms with van der Waals surface area (Å²) >= 11 is 1.35. The van der Waals surface area contributed by atoms with Crippen molar-refractivity contribution < 1.29 is 23.9 Å². The maximum atomic E-state index is 13.2. The van der Waals surface area contributed by atoms with Gasteiger partial charge in [-0.05, 0) is 55.9 Å². The van der Waals surface area contributed by atoms with Crippen molar-refractivity contribution in [3.8, 4) is 11.1 Å². The van der Waals surface area contributed by atoms with Crippen molar-refractivity contribution in [2.75, 3.05) is 32.1 Å². The maximum Gasteiger partial charge on any atom is 0.410 e. The Morgan fingerprint density at radius 1 is 1.02 bits per heavy atom. The van der Waals surface area contributed by atoms with Gasteiger partial charge in [-0.2, -0.15) is 0 Å². The number of likely N-dealkylation sites (tertiary alicyclic amines) is 1. The number of hydrogen-bond acceptors (Lipinski definition) is 7. The number of carbonyl (C=O) groups is 3. The van der Waals surface area contributed by atoms with Crippen molar-refractivity contribution in [2.45, 2.75) is 51.2 Å². The number of aromatic nitrogens is 1. The number of nitrogens with one attached hydrogen (secondary N) is 1. The number of ether oxygens (including phenoxy) is 2. The lowest BCUT2D eigenvalue weighted by molar-refractivity contribution is -0.117. The summed E-state index contributed by atoms with van der Waals surface area (Å²) in [5.41, 5.74) is 4.36. The summed E-state index contributed by atoms with van der Waals surface area (Å²) in [4.78, 5) is 46.4. The zero-order valence-electron chi connectivity index (χ0n) is 23.2. The van der Waals surface area contributed by atoms with Gasteiger partial charge < -0.3 is 19.7 Å². The number of rotatable bonds is 5. The highest BCUT2D eigenvalue weighted by molar-refractivity contribution is 7.13. The van der Waals surface area contributed by atoms with Crippen LogP contribution < -0.4 is 5.32 Å². The fourth-order valence-corrected chi connectivity index (χ4v) is 6.18. The zero-order chi connectivity index (χ0) is 28.4. The smallest absolute Gasteiger partial charge is 0.410 e. The number of piperidine rings is 1. The Bertz CT molecular complexity index is 1360. The number of carbonyl (C=O) groups excluding carboxylic acids is 3. The fourth-order valence-electron chi connectivity index (χ4n) is 5.37. The summed E-state index contributed by atoms with van der Waals surface area (Å²) < 4.78 is 10.6. The van der Waals surface area contributed by atoms with Gasteiger partial charge in [0.2, 0.25) is 5.91 Å². The Kier molecular flexibility index (Phi) is 7.80. The Hall–Kier alpha value is -3.92.